The molecule has 6 nitrogen and oxygen atoms in total. The lowest BCUT2D eigenvalue weighted by atomic mass is 10.1. The molecule has 1 amide bonds. The number of hydrogen-bond acceptors (Lipinski definition) is 3. The molecule has 2 heterocycles. The molecular formula is C15H17N5OS. The van der Waals surface area contributed by atoms with Crippen molar-refractivity contribution >= 4 is 29.0 Å². The fraction of sp³-hybridized carbons (Fsp3) is 0.267. The van der Waals surface area contributed by atoms with Crippen LogP contribution in [-0.2, 0) is 6.54 Å². The van der Waals surface area contributed by atoms with Gasteiger partial charge in [0.05, 0.1) is 6.54 Å². The topological polar surface area (TPSA) is 78.5 Å². The number of carbonyl (C=O) groups is 1. The maximum Gasteiger partial charge on any atom is 0.252 e. The summed E-state index contributed by atoms with van der Waals surface area (Å²) < 4.78 is 2.46. The highest BCUT2D eigenvalue weighted by Gasteiger charge is 2.13. The van der Waals surface area contributed by atoms with Crippen molar-refractivity contribution in [2.75, 3.05) is 0 Å². The summed E-state index contributed by atoms with van der Waals surface area (Å²) in [5.74, 6) is 0.587. The van der Waals surface area contributed by atoms with Gasteiger partial charge in [0.25, 0.3) is 5.91 Å². The summed E-state index contributed by atoms with van der Waals surface area (Å²) in [5, 5.41) is 10.8. The number of benzene rings is 1. The summed E-state index contributed by atoms with van der Waals surface area (Å²) in [6.07, 6.45) is 1.82. The van der Waals surface area contributed by atoms with Gasteiger partial charge in [-0.25, -0.2) is 0 Å². The number of H-pyrrole nitrogens is 2. The van der Waals surface area contributed by atoms with Gasteiger partial charge in [-0.15, -0.1) is 0 Å². The van der Waals surface area contributed by atoms with Gasteiger partial charge in [-0.3, -0.25) is 9.89 Å². The van der Waals surface area contributed by atoms with Crippen LogP contribution in [-0.4, -0.2) is 25.7 Å². The number of aromatic amines is 2. The maximum atomic E-state index is 12.4. The molecule has 0 radical (unpaired) electrons. The Balaban J connectivity index is 1.81. The van der Waals surface area contributed by atoms with E-state index < -0.39 is 0 Å². The summed E-state index contributed by atoms with van der Waals surface area (Å²) in [6, 6.07) is 7.69. The van der Waals surface area contributed by atoms with Gasteiger partial charge in [-0.05, 0) is 44.3 Å². The van der Waals surface area contributed by atoms with Gasteiger partial charge < -0.3 is 14.9 Å². The second-order valence-corrected chi connectivity index (χ2v) is 5.72. The van der Waals surface area contributed by atoms with Crippen LogP contribution in [0, 0.1) is 4.77 Å². The molecule has 0 spiro atoms. The first-order valence-electron chi connectivity index (χ1n) is 7.08. The molecule has 7 heteroatoms. The number of hydrogen-bond donors (Lipinski definition) is 3. The lowest BCUT2D eigenvalue weighted by Crippen LogP contribution is -2.25. The number of nitrogens with one attached hydrogen (secondary N) is 3. The molecule has 0 atom stereocenters. The van der Waals surface area contributed by atoms with E-state index >= 15 is 0 Å². The highest BCUT2D eigenvalue weighted by molar-refractivity contribution is 7.71. The lowest BCUT2D eigenvalue weighted by molar-refractivity contribution is 0.0951. The molecule has 0 fully saturated rings. The number of nitrogens with zero attached hydrogens (tertiary/aromatic N) is 2. The van der Waals surface area contributed by atoms with Crippen molar-refractivity contribution in [3.8, 4) is 0 Å². The van der Waals surface area contributed by atoms with Crippen LogP contribution in [0.1, 0.15) is 36.1 Å². The van der Waals surface area contributed by atoms with Crippen molar-refractivity contribution in [1.29, 1.82) is 0 Å². The Morgan fingerprint density at radius 2 is 2.23 bits per heavy atom. The van der Waals surface area contributed by atoms with Gasteiger partial charge in [0.15, 0.2) is 10.6 Å². The number of carbonyl (C=O) groups excluding carboxylic acids is 1. The third kappa shape index (κ3) is 2.55. The number of rotatable bonds is 4. The molecule has 114 valence electrons. The van der Waals surface area contributed by atoms with E-state index in [0.717, 1.165) is 16.7 Å². The van der Waals surface area contributed by atoms with E-state index in [-0.39, 0.29) is 11.9 Å². The molecule has 0 saturated carbocycles. The smallest absolute Gasteiger partial charge is 0.252 e. The van der Waals surface area contributed by atoms with E-state index in [9.17, 15) is 4.79 Å². The van der Waals surface area contributed by atoms with Gasteiger partial charge in [0, 0.05) is 28.7 Å². The first-order chi connectivity index (χ1) is 10.6. The largest absolute Gasteiger partial charge is 0.361 e. The normalized spacial score (nSPS) is 11.2. The quantitative estimate of drug-likeness (QED) is 0.648. The van der Waals surface area contributed by atoms with Crippen LogP contribution < -0.4 is 5.32 Å². The summed E-state index contributed by atoms with van der Waals surface area (Å²) in [5.41, 5.74) is 1.58. The SMILES string of the molecule is CC(C)n1c(CNC(=O)c2cccc3[nH]ccc23)n[nH]c1=S. The predicted molar refractivity (Wildman–Crippen MR) is 87.3 cm³/mol. The van der Waals surface area contributed by atoms with E-state index in [2.05, 4.69) is 20.5 Å². The van der Waals surface area contributed by atoms with Crippen LogP contribution in [0.25, 0.3) is 10.9 Å². The van der Waals surface area contributed by atoms with Crippen molar-refractivity contribution < 1.29 is 4.79 Å². The standard InChI is InChI=1S/C15H17N5OS/c1-9(2)20-13(18-19-15(20)22)8-17-14(21)11-4-3-5-12-10(11)6-7-16-12/h3-7,9,16H,8H2,1-2H3,(H,17,21)(H,19,22). The minimum atomic E-state index is -0.130. The fourth-order valence-corrected chi connectivity index (χ4v) is 2.89. The van der Waals surface area contributed by atoms with Crippen molar-refractivity contribution in [3.05, 3.63) is 46.6 Å². The highest BCUT2D eigenvalue weighted by atomic mass is 32.1. The molecule has 0 unspecified atom stereocenters. The summed E-state index contributed by atoms with van der Waals surface area (Å²) in [6.45, 7) is 4.37. The zero-order valence-electron chi connectivity index (χ0n) is 12.4. The van der Waals surface area contributed by atoms with Crippen LogP contribution in [0.2, 0.25) is 0 Å². The van der Waals surface area contributed by atoms with E-state index in [0.29, 0.717) is 16.9 Å². The van der Waals surface area contributed by atoms with Gasteiger partial charge in [0.2, 0.25) is 0 Å². The molecule has 0 aliphatic heterocycles. The lowest BCUT2D eigenvalue weighted by Gasteiger charge is -2.11. The fourth-order valence-electron chi connectivity index (χ4n) is 2.53. The van der Waals surface area contributed by atoms with Crippen molar-refractivity contribution in [2.24, 2.45) is 0 Å². The van der Waals surface area contributed by atoms with Gasteiger partial charge in [-0.1, -0.05) is 6.07 Å². The van der Waals surface area contributed by atoms with Crippen molar-refractivity contribution in [3.63, 3.8) is 0 Å². The Morgan fingerprint density at radius 1 is 1.41 bits per heavy atom. The van der Waals surface area contributed by atoms with E-state index in [1.54, 1.807) is 0 Å². The van der Waals surface area contributed by atoms with Crippen LogP contribution in [0.15, 0.2) is 30.5 Å². The molecule has 0 aliphatic carbocycles. The Hall–Kier alpha value is -2.41. The van der Waals surface area contributed by atoms with E-state index in [4.69, 9.17) is 12.2 Å². The van der Waals surface area contributed by atoms with Crippen molar-refractivity contribution in [1.82, 2.24) is 25.1 Å². The molecule has 3 N–H and O–H groups in total. The molecule has 3 aromatic rings. The molecule has 3 rings (SSSR count). The monoisotopic (exact) mass is 315 g/mol. The van der Waals surface area contributed by atoms with Crippen LogP contribution >= 0.6 is 12.2 Å². The molecule has 0 aliphatic rings. The Labute approximate surface area is 132 Å². The average molecular weight is 315 g/mol. The van der Waals surface area contributed by atoms with E-state index in [1.807, 2.05) is 48.9 Å². The Kier molecular flexibility index (Phi) is 3.81. The number of amides is 1. The summed E-state index contributed by atoms with van der Waals surface area (Å²) >= 11 is 5.20. The first kappa shape index (κ1) is 14.5. The van der Waals surface area contributed by atoms with Gasteiger partial charge in [-0.2, -0.15) is 5.10 Å². The summed E-state index contributed by atoms with van der Waals surface area (Å²) in [4.78, 5) is 15.5. The first-order valence-corrected chi connectivity index (χ1v) is 7.49. The van der Waals surface area contributed by atoms with E-state index in [1.165, 1.54) is 0 Å². The molecule has 0 bridgehead atoms. The Bertz CT molecular complexity index is 873. The number of fused-ring (bicyclic) bond motifs is 1. The van der Waals surface area contributed by atoms with Crippen molar-refractivity contribution in [2.45, 2.75) is 26.4 Å². The zero-order valence-corrected chi connectivity index (χ0v) is 13.2. The third-order valence-electron chi connectivity index (χ3n) is 3.54. The average Bonchev–Trinajstić information content (AvgIpc) is 3.10. The van der Waals surface area contributed by atoms with Crippen LogP contribution in [0.5, 0.6) is 0 Å². The predicted octanol–water partition coefficient (Wildman–Crippen LogP) is 2.93. The van der Waals surface area contributed by atoms with Gasteiger partial charge >= 0.3 is 0 Å². The van der Waals surface area contributed by atoms with Crippen LogP contribution in [0.4, 0.5) is 0 Å². The molecule has 1 aromatic carbocycles. The molecule has 2 aromatic heterocycles. The van der Waals surface area contributed by atoms with Gasteiger partial charge in [0.1, 0.15) is 0 Å². The third-order valence-corrected chi connectivity index (χ3v) is 3.83. The van der Waals surface area contributed by atoms with Crippen LogP contribution in [0.3, 0.4) is 0 Å². The molecule has 0 saturated heterocycles. The minimum Gasteiger partial charge on any atom is -0.361 e. The second kappa shape index (κ2) is 5.76. The number of aromatic nitrogens is 4. The Morgan fingerprint density at radius 3 is 3.00 bits per heavy atom. The summed E-state index contributed by atoms with van der Waals surface area (Å²) in [7, 11) is 0. The second-order valence-electron chi connectivity index (χ2n) is 5.34. The maximum absolute atomic E-state index is 12.4. The highest BCUT2D eigenvalue weighted by Crippen LogP contribution is 2.17. The molecular weight excluding hydrogens is 298 g/mol. The minimum absolute atomic E-state index is 0.130. The molecule has 22 heavy (non-hydrogen) atoms. The zero-order chi connectivity index (χ0) is 15.7.